The third kappa shape index (κ3) is 4.26. The van der Waals surface area contributed by atoms with Gasteiger partial charge in [0.05, 0.1) is 23.5 Å². The molecule has 28 heavy (non-hydrogen) atoms. The molecule has 3 heterocycles. The quantitative estimate of drug-likeness (QED) is 0.523. The molecular formula is C19H16N4O3S2. The molecule has 0 fully saturated rings. The Labute approximate surface area is 168 Å². The fraction of sp³-hybridized carbons (Fsp3) is 0.158. The van der Waals surface area contributed by atoms with Crippen LogP contribution in [-0.4, -0.2) is 20.7 Å². The van der Waals surface area contributed by atoms with Crippen molar-refractivity contribution in [2.75, 3.05) is 5.32 Å². The van der Waals surface area contributed by atoms with E-state index in [0.717, 1.165) is 16.1 Å². The molecule has 142 valence electrons. The molecule has 4 rings (SSSR count). The van der Waals surface area contributed by atoms with Crippen LogP contribution in [0.4, 0.5) is 5.69 Å². The summed E-state index contributed by atoms with van der Waals surface area (Å²) in [6.45, 7) is 2.19. The van der Waals surface area contributed by atoms with Gasteiger partial charge in [0.25, 0.3) is 5.89 Å². The van der Waals surface area contributed by atoms with Crippen LogP contribution in [0.1, 0.15) is 16.3 Å². The van der Waals surface area contributed by atoms with Gasteiger partial charge in [-0.15, -0.1) is 27.8 Å². The molecule has 1 aromatic carbocycles. The van der Waals surface area contributed by atoms with Gasteiger partial charge in [-0.1, -0.05) is 23.8 Å². The van der Waals surface area contributed by atoms with E-state index in [2.05, 4.69) is 15.4 Å². The SMILES string of the molecule is Cc1ccc(NC(=O)Cc2nc(Cn3nc(-c4cccs4)oc3=O)cs2)cc1. The van der Waals surface area contributed by atoms with Crippen LogP contribution in [0.2, 0.25) is 0 Å². The lowest BCUT2D eigenvalue weighted by Crippen LogP contribution is -2.17. The number of thiophene rings is 1. The predicted octanol–water partition coefficient (Wildman–Crippen LogP) is 3.56. The van der Waals surface area contributed by atoms with E-state index in [1.54, 1.807) is 0 Å². The molecule has 0 spiro atoms. The van der Waals surface area contributed by atoms with Crippen molar-refractivity contribution in [3.05, 3.63) is 74.0 Å². The van der Waals surface area contributed by atoms with E-state index in [9.17, 15) is 9.59 Å². The standard InChI is InChI=1S/C19H16N4O3S2/c1-12-4-6-13(7-5-12)20-16(24)9-17-21-14(11-28-17)10-23-19(25)26-18(22-23)15-3-2-8-27-15/h2-8,11H,9-10H2,1H3,(H,20,24). The van der Waals surface area contributed by atoms with Crippen molar-refractivity contribution in [1.82, 2.24) is 14.8 Å². The lowest BCUT2D eigenvalue weighted by Gasteiger charge is -2.04. The van der Waals surface area contributed by atoms with Gasteiger partial charge in [0.2, 0.25) is 5.91 Å². The monoisotopic (exact) mass is 412 g/mol. The summed E-state index contributed by atoms with van der Waals surface area (Å²) < 4.78 is 6.43. The Kier molecular flexibility index (Phi) is 5.18. The molecule has 0 aliphatic heterocycles. The van der Waals surface area contributed by atoms with Gasteiger partial charge in [0.1, 0.15) is 5.01 Å². The second-order valence-corrected chi connectivity index (χ2v) is 8.02. The molecule has 0 bridgehead atoms. The molecule has 0 saturated heterocycles. The second kappa shape index (κ2) is 7.91. The fourth-order valence-electron chi connectivity index (χ4n) is 2.54. The molecule has 0 atom stereocenters. The molecule has 0 unspecified atom stereocenters. The van der Waals surface area contributed by atoms with E-state index < -0.39 is 5.76 Å². The second-order valence-electron chi connectivity index (χ2n) is 6.13. The Morgan fingerprint density at radius 1 is 1.21 bits per heavy atom. The first kappa shape index (κ1) is 18.3. The number of anilines is 1. The molecule has 0 saturated carbocycles. The number of nitrogens with zero attached hydrogens (tertiary/aromatic N) is 3. The molecule has 3 aromatic heterocycles. The summed E-state index contributed by atoms with van der Waals surface area (Å²) >= 11 is 2.83. The van der Waals surface area contributed by atoms with Crippen molar-refractivity contribution < 1.29 is 9.21 Å². The first-order valence-corrected chi connectivity index (χ1v) is 10.2. The summed E-state index contributed by atoms with van der Waals surface area (Å²) in [5.41, 5.74) is 2.55. The number of amides is 1. The minimum absolute atomic E-state index is 0.136. The number of aromatic nitrogens is 3. The maximum absolute atomic E-state index is 12.2. The van der Waals surface area contributed by atoms with E-state index >= 15 is 0 Å². The molecule has 1 amide bonds. The predicted molar refractivity (Wildman–Crippen MR) is 109 cm³/mol. The molecule has 7 nitrogen and oxygen atoms in total. The van der Waals surface area contributed by atoms with Crippen LogP contribution in [-0.2, 0) is 17.8 Å². The third-order valence-electron chi connectivity index (χ3n) is 3.90. The van der Waals surface area contributed by atoms with Crippen molar-refractivity contribution in [3.8, 4) is 10.8 Å². The Balaban J connectivity index is 1.40. The number of carbonyl (C=O) groups excluding carboxylic acids is 1. The Morgan fingerprint density at radius 2 is 2.04 bits per heavy atom. The fourth-order valence-corrected chi connectivity index (χ4v) is 3.97. The highest BCUT2D eigenvalue weighted by atomic mass is 32.1. The highest BCUT2D eigenvalue weighted by molar-refractivity contribution is 7.13. The number of aryl methyl sites for hydroxylation is 1. The van der Waals surface area contributed by atoms with Crippen molar-refractivity contribution in [2.24, 2.45) is 0 Å². The summed E-state index contributed by atoms with van der Waals surface area (Å²) in [7, 11) is 0. The van der Waals surface area contributed by atoms with Crippen molar-refractivity contribution in [3.63, 3.8) is 0 Å². The maximum Gasteiger partial charge on any atom is 0.437 e. The highest BCUT2D eigenvalue weighted by Gasteiger charge is 2.14. The molecule has 0 radical (unpaired) electrons. The number of thiazole rings is 1. The zero-order valence-electron chi connectivity index (χ0n) is 14.9. The molecule has 4 aromatic rings. The summed E-state index contributed by atoms with van der Waals surface area (Å²) in [6, 6.07) is 11.3. The maximum atomic E-state index is 12.2. The van der Waals surface area contributed by atoms with E-state index in [-0.39, 0.29) is 18.9 Å². The number of nitrogens with one attached hydrogen (secondary N) is 1. The van der Waals surface area contributed by atoms with Crippen molar-refractivity contribution in [1.29, 1.82) is 0 Å². The van der Waals surface area contributed by atoms with E-state index in [1.807, 2.05) is 54.1 Å². The summed E-state index contributed by atoms with van der Waals surface area (Å²) in [5, 5.41) is 11.5. The van der Waals surface area contributed by atoms with Crippen LogP contribution >= 0.6 is 22.7 Å². The van der Waals surface area contributed by atoms with Crippen molar-refractivity contribution >= 4 is 34.3 Å². The van der Waals surface area contributed by atoms with E-state index in [4.69, 9.17) is 4.42 Å². The minimum atomic E-state index is -0.532. The normalized spacial score (nSPS) is 10.9. The average molecular weight is 412 g/mol. The molecule has 1 N–H and O–H groups in total. The number of benzene rings is 1. The van der Waals surface area contributed by atoms with E-state index in [0.29, 0.717) is 16.6 Å². The van der Waals surface area contributed by atoms with Crippen LogP contribution in [0, 0.1) is 6.92 Å². The molecular weight excluding hydrogens is 396 g/mol. The largest absolute Gasteiger partial charge is 0.437 e. The van der Waals surface area contributed by atoms with Crippen LogP contribution in [0.3, 0.4) is 0 Å². The number of carbonyl (C=O) groups is 1. The van der Waals surface area contributed by atoms with Gasteiger partial charge < -0.3 is 9.73 Å². The number of hydrogen-bond donors (Lipinski definition) is 1. The zero-order valence-corrected chi connectivity index (χ0v) is 16.5. The smallest absolute Gasteiger partial charge is 0.387 e. The van der Waals surface area contributed by atoms with Gasteiger partial charge in [-0.05, 0) is 30.5 Å². The molecule has 0 aliphatic carbocycles. The number of hydrogen-bond acceptors (Lipinski definition) is 7. The van der Waals surface area contributed by atoms with Gasteiger partial charge >= 0.3 is 5.76 Å². The summed E-state index contributed by atoms with van der Waals surface area (Å²) in [6.07, 6.45) is 0.173. The van der Waals surface area contributed by atoms with Gasteiger partial charge in [-0.25, -0.2) is 9.78 Å². The lowest BCUT2D eigenvalue weighted by molar-refractivity contribution is -0.115. The number of rotatable bonds is 6. The molecule has 0 aliphatic rings. The molecule has 9 heteroatoms. The van der Waals surface area contributed by atoms with Gasteiger partial charge in [0, 0.05) is 11.1 Å². The van der Waals surface area contributed by atoms with Gasteiger partial charge in [-0.2, -0.15) is 4.68 Å². The first-order valence-electron chi connectivity index (χ1n) is 8.48. The lowest BCUT2D eigenvalue weighted by atomic mass is 10.2. The Hall–Kier alpha value is -3.04. The van der Waals surface area contributed by atoms with E-state index in [1.165, 1.54) is 27.4 Å². The van der Waals surface area contributed by atoms with Gasteiger partial charge in [0.15, 0.2) is 0 Å². The van der Waals surface area contributed by atoms with Crippen LogP contribution < -0.4 is 11.1 Å². The van der Waals surface area contributed by atoms with Gasteiger partial charge in [-0.3, -0.25) is 4.79 Å². The topological polar surface area (TPSA) is 90.0 Å². The zero-order chi connectivity index (χ0) is 19.5. The van der Waals surface area contributed by atoms with Crippen LogP contribution in [0.25, 0.3) is 10.8 Å². The Bertz CT molecular complexity index is 1140. The van der Waals surface area contributed by atoms with Crippen molar-refractivity contribution in [2.45, 2.75) is 19.9 Å². The third-order valence-corrected chi connectivity index (χ3v) is 5.65. The minimum Gasteiger partial charge on any atom is -0.387 e. The Morgan fingerprint density at radius 3 is 2.79 bits per heavy atom. The van der Waals surface area contributed by atoms with Crippen LogP contribution in [0.15, 0.2) is 56.4 Å². The highest BCUT2D eigenvalue weighted by Crippen LogP contribution is 2.21. The van der Waals surface area contributed by atoms with Crippen LogP contribution in [0.5, 0.6) is 0 Å². The average Bonchev–Trinajstić information content (AvgIpc) is 3.40. The first-order chi connectivity index (χ1) is 13.6. The summed E-state index contributed by atoms with van der Waals surface area (Å²) in [5.74, 6) is -0.369. The summed E-state index contributed by atoms with van der Waals surface area (Å²) in [4.78, 5) is 29.4.